The minimum absolute atomic E-state index is 0.0280. The number of para-hydroxylation sites is 1. The lowest BCUT2D eigenvalue weighted by Crippen LogP contribution is -2.36. The first-order valence-corrected chi connectivity index (χ1v) is 7.65. The Morgan fingerprint density at radius 1 is 1.20 bits per heavy atom. The van der Waals surface area contributed by atoms with Crippen molar-refractivity contribution in [1.29, 1.82) is 0 Å². The van der Waals surface area contributed by atoms with Gasteiger partial charge < -0.3 is 4.99 Å². The first-order chi connectivity index (χ1) is 12.0. The predicted octanol–water partition coefficient (Wildman–Crippen LogP) is 1.72. The van der Waals surface area contributed by atoms with Crippen LogP contribution in [0.5, 0.6) is 0 Å². The van der Waals surface area contributed by atoms with E-state index in [0.717, 1.165) is 16.6 Å². The Hall–Kier alpha value is -3.55. The SMILES string of the molecule is Cc1nc2n(c(=Nc3ccc([N+](=O)[O-])cc3)[n-][n+]2C)c2ccccc12. The van der Waals surface area contributed by atoms with E-state index < -0.39 is 4.92 Å². The van der Waals surface area contributed by atoms with Gasteiger partial charge in [-0.15, -0.1) is 0 Å². The van der Waals surface area contributed by atoms with E-state index in [-0.39, 0.29) is 5.69 Å². The molecule has 4 rings (SSSR count). The number of fused-ring (bicyclic) bond motifs is 3. The zero-order chi connectivity index (χ0) is 17.6. The number of nitrogens with zero attached hydrogens (tertiary/aromatic N) is 6. The standard InChI is InChI=1S/C17H14N6O2/c1-11-14-5-3-4-6-15(14)22-16(20-21(2)17(22)18-11)19-12-7-9-13(10-8-12)23(24)25/h3-10H,1-2H3. The van der Waals surface area contributed by atoms with E-state index in [0.29, 0.717) is 17.1 Å². The maximum absolute atomic E-state index is 10.8. The number of aromatic nitrogens is 4. The van der Waals surface area contributed by atoms with Crippen molar-refractivity contribution in [2.75, 3.05) is 0 Å². The van der Waals surface area contributed by atoms with Gasteiger partial charge in [0.1, 0.15) is 11.2 Å². The Balaban J connectivity index is 2.02. The molecule has 0 fully saturated rings. The highest BCUT2D eigenvalue weighted by atomic mass is 16.6. The molecule has 0 N–H and O–H groups in total. The first kappa shape index (κ1) is 15.0. The van der Waals surface area contributed by atoms with Gasteiger partial charge in [0.2, 0.25) is 0 Å². The van der Waals surface area contributed by atoms with Crippen molar-refractivity contribution in [3.05, 3.63) is 70.0 Å². The lowest BCUT2D eigenvalue weighted by molar-refractivity contribution is -0.711. The smallest absolute Gasteiger partial charge is 0.330 e. The van der Waals surface area contributed by atoms with Crippen molar-refractivity contribution < 1.29 is 9.61 Å². The van der Waals surface area contributed by atoms with Crippen LogP contribution in [0.15, 0.2) is 53.5 Å². The second-order valence-corrected chi connectivity index (χ2v) is 5.66. The Morgan fingerprint density at radius 3 is 2.64 bits per heavy atom. The molecule has 0 bridgehead atoms. The molecular formula is C17H14N6O2. The number of rotatable bonds is 2. The molecule has 2 aromatic carbocycles. The first-order valence-electron chi connectivity index (χ1n) is 7.65. The Morgan fingerprint density at radius 2 is 1.92 bits per heavy atom. The van der Waals surface area contributed by atoms with E-state index in [1.165, 1.54) is 12.1 Å². The number of hydrogen-bond donors (Lipinski definition) is 0. The van der Waals surface area contributed by atoms with E-state index in [1.807, 2.05) is 42.6 Å². The Bertz CT molecular complexity index is 1190. The quantitative estimate of drug-likeness (QED) is 0.317. The summed E-state index contributed by atoms with van der Waals surface area (Å²) in [6, 6.07) is 14.0. The van der Waals surface area contributed by atoms with Crippen molar-refractivity contribution in [3.8, 4) is 0 Å². The number of non-ortho nitro benzene ring substituents is 1. The summed E-state index contributed by atoms with van der Waals surface area (Å²) in [5.74, 6) is 0.678. The molecule has 2 heterocycles. The van der Waals surface area contributed by atoms with Gasteiger partial charge in [0.05, 0.1) is 17.4 Å². The van der Waals surface area contributed by atoms with Crippen LogP contribution in [0.4, 0.5) is 11.4 Å². The van der Waals surface area contributed by atoms with Crippen molar-refractivity contribution in [1.82, 2.24) is 14.5 Å². The summed E-state index contributed by atoms with van der Waals surface area (Å²) in [4.78, 5) is 19.5. The third-order valence-corrected chi connectivity index (χ3v) is 4.02. The van der Waals surface area contributed by atoms with E-state index in [2.05, 4.69) is 15.1 Å². The molecule has 2 aromatic heterocycles. The molecule has 0 aliphatic heterocycles. The number of hydrogen-bond acceptors (Lipinski definition) is 4. The fourth-order valence-corrected chi connectivity index (χ4v) is 2.82. The average Bonchev–Trinajstić information content (AvgIpc) is 2.91. The van der Waals surface area contributed by atoms with Crippen LogP contribution in [-0.4, -0.2) is 14.3 Å². The highest BCUT2D eigenvalue weighted by Crippen LogP contribution is 2.18. The van der Waals surface area contributed by atoms with Crippen LogP contribution in [0.25, 0.3) is 16.7 Å². The molecule has 0 aliphatic carbocycles. The van der Waals surface area contributed by atoms with Crippen LogP contribution in [0.1, 0.15) is 5.69 Å². The number of benzene rings is 2. The summed E-state index contributed by atoms with van der Waals surface area (Å²) in [5.41, 5.74) is 2.96. The second kappa shape index (κ2) is 5.52. The van der Waals surface area contributed by atoms with E-state index in [4.69, 9.17) is 0 Å². The summed E-state index contributed by atoms with van der Waals surface area (Å²) in [6.07, 6.45) is 0. The van der Waals surface area contributed by atoms with Crippen molar-refractivity contribution in [2.24, 2.45) is 12.0 Å². The number of nitro benzene ring substituents is 1. The molecule has 0 aliphatic rings. The largest absolute Gasteiger partial charge is 0.412 e. The monoisotopic (exact) mass is 334 g/mol. The zero-order valence-electron chi connectivity index (χ0n) is 13.6. The fraction of sp³-hybridized carbons (Fsp3) is 0.118. The maximum atomic E-state index is 10.8. The second-order valence-electron chi connectivity index (χ2n) is 5.66. The lowest BCUT2D eigenvalue weighted by atomic mass is 10.2. The van der Waals surface area contributed by atoms with Gasteiger partial charge in [0, 0.05) is 12.1 Å². The molecule has 124 valence electrons. The molecule has 0 spiro atoms. The molecule has 0 atom stereocenters. The number of nitro groups is 1. The van der Waals surface area contributed by atoms with Gasteiger partial charge in [-0.25, -0.2) is 0 Å². The summed E-state index contributed by atoms with van der Waals surface area (Å²) in [7, 11) is 1.81. The van der Waals surface area contributed by atoms with Crippen LogP contribution in [0.3, 0.4) is 0 Å². The van der Waals surface area contributed by atoms with E-state index >= 15 is 0 Å². The summed E-state index contributed by atoms with van der Waals surface area (Å²) < 4.78 is 3.55. The molecule has 0 saturated heterocycles. The van der Waals surface area contributed by atoms with Gasteiger partial charge in [-0.05, 0) is 36.9 Å². The van der Waals surface area contributed by atoms with Crippen LogP contribution < -0.4 is 15.4 Å². The average molecular weight is 334 g/mol. The molecule has 8 heteroatoms. The van der Waals surface area contributed by atoms with E-state index in [9.17, 15) is 10.1 Å². The van der Waals surface area contributed by atoms with Crippen LogP contribution in [-0.2, 0) is 7.05 Å². The summed E-state index contributed by atoms with van der Waals surface area (Å²) >= 11 is 0. The van der Waals surface area contributed by atoms with Gasteiger partial charge in [-0.1, -0.05) is 17.1 Å². The highest BCUT2D eigenvalue weighted by Gasteiger charge is 2.15. The van der Waals surface area contributed by atoms with Crippen molar-refractivity contribution in [3.63, 3.8) is 0 Å². The van der Waals surface area contributed by atoms with Gasteiger partial charge in [0.15, 0.2) is 5.62 Å². The molecule has 0 amide bonds. The minimum atomic E-state index is -0.436. The molecule has 25 heavy (non-hydrogen) atoms. The zero-order valence-corrected chi connectivity index (χ0v) is 13.6. The van der Waals surface area contributed by atoms with Gasteiger partial charge in [0.25, 0.3) is 5.69 Å². The maximum Gasteiger partial charge on any atom is 0.412 e. The van der Waals surface area contributed by atoms with Crippen molar-refractivity contribution >= 4 is 28.1 Å². The molecule has 8 nitrogen and oxygen atoms in total. The normalized spacial score (nSPS) is 12.2. The van der Waals surface area contributed by atoms with Crippen LogP contribution in [0, 0.1) is 17.0 Å². The molecular weight excluding hydrogens is 320 g/mol. The predicted molar refractivity (Wildman–Crippen MR) is 90.3 cm³/mol. The Kier molecular flexibility index (Phi) is 3.31. The lowest BCUT2D eigenvalue weighted by Gasteiger charge is -2.00. The third-order valence-electron chi connectivity index (χ3n) is 4.02. The number of aryl methyl sites for hydroxylation is 2. The van der Waals surface area contributed by atoms with E-state index in [1.54, 1.807) is 16.8 Å². The topological polar surface area (TPSA) is 90.8 Å². The summed E-state index contributed by atoms with van der Waals surface area (Å²) in [5, 5.41) is 16.2. The summed E-state index contributed by atoms with van der Waals surface area (Å²) in [6.45, 7) is 1.96. The van der Waals surface area contributed by atoms with Crippen LogP contribution in [0.2, 0.25) is 0 Å². The molecule has 4 aromatic rings. The third kappa shape index (κ3) is 2.44. The molecule has 0 saturated carbocycles. The van der Waals surface area contributed by atoms with Gasteiger partial charge >= 0.3 is 5.78 Å². The molecule has 0 unspecified atom stereocenters. The van der Waals surface area contributed by atoms with Gasteiger partial charge in [-0.2, -0.15) is 14.2 Å². The molecule has 0 radical (unpaired) electrons. The minimum Gasteiger partial charge on any atom is -0.330 e. The van der Waals surface area contributed by atoms with Crippen molar-refractivity contribution in [2.45, 2.75) is 6.92 Å². The highest BCUT2D eigenvalue weighted by molar-refractivity contribution is 5.82. The van der Waals surface area contributed by atoms with Gasteiger partial charge in [-0.3, -0.25) is 10.1 Å². The Labute approximate surface area is 141 Å². The fourth-order valence-electron chi connectivity index (χ4n) is 2.82. The van der Waals surface area contributed by atoms with Crippen LogP contribution >= 0.6 is 0 Å².